The summed E-state index contributed by atoms with van der Waals surface area (Å²) in [5, 5.41) is 7.76. The molecular weight excluding hydrogens is 374 g/mol. The highest BCUT2D eigenvalue weighted by Gasteiger charge is 2.16. The first-order chi connectivity index (χ1) is 12.1. The average molecular weight is 390 g/mol. The van der Waals surface area contributed by atoms with Gasteiger partial charge in [-0.1, -0.05) is 23.1 Å². The fourth-order valence-corrected chi connectivity index (χ4v) is 5.25. The lowest BCUT2D eigenvalue weighted by molar-refractivity contribution is 0.102. The van der Waals surface area contributed by atoms with Gasteiger partial charge in [0.05, 0.1) is 20.4 Å². The zero-order valence-electron chi connectivity index (χ0n) is 13.9. The minimum Gasteiger partial charge on any atom is -0.296 e. The second-order valence-electron chi connectivity index (χ2n) is 5.41. The summed E-state index contributed by atoms with van der Waals surface area (Å²) in [6.07, 6.45) is 2.02. The van der Waals surface area contributed by atoms with Gasteiger partial charge >= 0.3 is 0 Å². The first kappa shape index (κ1) is 16.5. The van der Waals surface area contributed by atoms with Gasteiger partial charge < -0.3 is 0 Å². The monoisotopic (exact) mass is 389 g/mol. The van der Waals surface area contributed by atoms with Crippen LogP contribution in [0.15, 0.2) is 22.5 Å². The van der Waals surface area contributed by atoms with Gasteiger partial charge in [-0.25, -0.2) is 9.97 Å². The van der Waals surface area contributed by atoms with Crippen molar-refractivity contribution in [3.63, 3.8) is 0 Å². The molecule has 1 N–H and O–H groups in total. The van der Waals surface area contributed by atoms with E-state index in [1.165, 1.54) is 11.3 Å². The number of benzene rings is 1. The van der Waals surface area contributed by atoms with Gasteiger partial charge in [-0.2, -0.15) is 5.10 Å². The minimum absolute atomic E-state index is 0.236. The molecule has 4 rings (SSSR count). The number of hydrogen-bond donors (Lipinski definition) is 1. The highest BCUT2D eigenvalue weighted by molar-refractivity contribution is 8.00. The number of nitrogens with zero attached hydrogens (tertiary/aromatic N) is 4. The van der Waals surface area contributed by atoms with Crippen LogP contribution < -0.4 is 5.32 Å². The second-order valence-corrected chi connectivity index (χ2v) is 8.46. The van der Waals surface area contributed by atoms with E-state index in [0.29, 0.717) is 10.8 Å². The van der Waals surface area contributed by atoms with Crippen LogP contribution in [0.3, 0.4) is 0 Å². The Morgan fingerprint density at radius 2 is 1.96 bits per heavy atom. The molecule has 0 unspecified atom stereocenters. The van der Waals surface area contributed by atoms with E-state index in [1.807, 2.05) is 32.2 Å². The third kappa shape index (κ3) is 2.92. The maximum absolute atomic E-state index is 12.5. The molecule has 3 heterocycles. The molecule has 0 spiro atoms. The number of aromatic nitrogens is 4. The van der Waals surface area contributed by atoms with Crippen molar-refractivity contribution >= 4 is 65.9 Å². The lowest BCUT2D eigenvalue weighted by Gasteiger charge is -1.98. The highest BCUT2D eigenvalue weighted by atomic mass is 32.2. The number of carbonyl (C=O) groups excluding carboxylic acids is 1. The van der Waals surface area contributed by atoms with Crippen LogP contribution in [0.2, 0.25) is 0 Å². The molecule has 0 aliphatic carbocycles. The van der Waals surface area contributed by atoms with E-state index in [9.17, 15) is 4.79 Å². The summed E-state index contributed by atoms with van der Waals surface area (Å²) in [4.78, 5) is 21.6. The van der Waals surface area contributed by atoms with Crippen LogP contribution in [0, 0.1) is 6.92 Å². The number of thiazole rings is 2. The molecule has 25 heavy (non-hydrogen) atoms. The Bertz CT molecular complexity index is 1090. The summed E-state index contributed by atoms with van der Waals surface area (Å²) in [5.41, 5.74) is 3.22. The number of rotatable bonds is 4. The maximum Gasteiger partial charge on any atom is 0.277 e. The largest absolute Gasteiger partial charge is 0.296 e. The Labute approximate surface area is 156 Å². The summed E-state index contributed by atoms with van der Waals surface area (Å²) in [5.74, 6) is -0.236. The molecule has 1 aromatic carbocycles. The van der Waals surface area contributed by atoms with Crippen LogP contribution >= 0.6 is 34.4 Å². The van der Waals surface area contributed by atoms with Gasteiger partial charge in [-0.3, -0.25) is 14.8 Å². The summed E-state index contributed by atoms with van der Waals surface area (Å²) in [7, 11) is 0. The van der Waals surface area contributed by atoms with Crippen molar-refractivity contribution in [3.05, 3.63) is 29.6 Å². The van der Waals surface area contributed by atoms with E-state index in [-0.39, 0.29) is 5.91 Å². The average Bonchev–Trinajstić information content (AvgIpc) is 3.29. The number of anilines is 1. The molecule has 0 aliphatic heterocycles. The second kappa shape index (κ2) is 6.40. The van der Waals surface area contributed by atoms with Crippen LogP contribution in [0.5, 0.6) is 0 Å². The first-order valence-electron chi connectivity index (χ1n) is 7.69. The van der Waals surface area contributed by atoms with Gasteiger partial charge in [-0.15, -0.1) is 11.3 Å². The lowest BCUT2D eigenvalue weighted by Crippen LogP contribution is -2.13. The number of amides is 1. The molecule has 0 radical (unpaired) electrons. The molecule has 9 heteroatoms. The number of thioether (sulfide) groups is 1. The first-order valence-corrected chi connectivity index (χ1v) is 10.5. The Morgan fingerprint density at radius 3 is 2.64 bits per heavy atom. The summed E-state index contributed by atoms with van der Waals surface area (Å²) in [6.45, 7) is 4.68. The van der Waals surface area contributed by atoms with Gasteiger partial charge in [0.2, 0.25) is 0 Å². The molecule has 0 saturated heterocycles. The van der Waals surface area contributed by atoms with Crippen molar-refractivity contribution in [2.45, 2.75) is 24.7 Å². The van der Waals surface area contributed by atoms with E-state index in [2.05, 4.69) is 20.4 Å². The predicted molar refractivity (Wildman–Crippen MR) is 105 cm³/mol. The van der Waals surface area contributed by atoms with Crippen molar-refractivity contribution in [1.82, 2.24) is 19.7 Å². The molecule has 0 atom stereocenters. The third-order valence-corrected chi connectivity index (χ3v) is 7.01. The maximum atomic E-state index is 12.5. The van der Waals surface area contributed by atoms with Crippen molar-refractivity contribution in [1.29, 1.82) is 0 Å². The fourth-order valence-electron chi connectivity index (χ4n) is 2.60. The number of carbonyl (C=O) groups is 1. The van der Waals surface area contributed by atoms with E-state index >= 15 is 0 Å². The number of aryl methyl sites for hydroxylation is 2. The Morgan fingerprint density at radius 1 is 1.24 bits per heavy atom. The molecule has 4 aromatic rings. The third-order valence-electron chi connectivity index (χ3n) is 3.80. The predicted octanol–water partition coefficient (Wildman–Crippen LogP) is 4.41. The molecule has 1 amide bonds. The van der Waals surface area contributed by atoms with Gasteiger partial charge in [0.1, 0.15) is 0 Å². The van der Waals surface area contributed by atoms with Crippen LogP contribution in [-0.2, 0) is 6.54 Å². The molecule has 128 valence electrons. The zero-order valence-corrected chi connectivity index (χ0v) is 16.3. The van der Waals surface area contributed by atoms with Crippen molar-refractivity contribution in [2.75, 3.05) is 11.6 Å². The molecule has 0 fully saturated rings. The van der Waals surface area contributed by atoms with Gasteiger partial charge in [-0.05, 0) is 38.3 Å². The van der Waals surface area contributed by atoms with E-state index in [0.717, 1.165) is 37.0 Å². The van der Waals surface area contributed by atoms with Gasteiger partial charge in [0.25, 0.3) is 5.91 Å². The fraction of sp³-hybridized carbons (Fsp3) is 0.250. The zero-order chi connectivity index (χ0) is 17.6. The van der Waals surface area contributed by atoms with Crippen LogP contribution in [0.4, 0.5) is 5.13 Å². The quantitative estimate of drug-likeness (QED) is 0.524. The molecule has 0 saturated carbocycles. The highest BCUT2D eigenvalue weighted by Crippen LogP contribution is 2.38. The molecule has 3 aromatic heterocycles. The van der Waals surface area contributed by atoms with Crippen molar-refractivity contribution in [3.8, 4) is 0 Å². The smallest absolute Gasteiger partial charge is 0.277 e. The van der Waals surface area contributed by atoms with Crippen LogP contribution in [0.25, 0.3) is 20.4 Å². The summed E-state index contributed by atoms with van der Waals surface area (Å²) < 4.78 is 5.01. The molecule has 0 bridgehead atoms. The Balaban J connectivity index is 1.68. The van der Waals surface area contributed by atoms with Crippen molar-refractivity contribution < 1.29 is 4.79 Å². The minimum atomic E-state index is -0.236. The molecular formula is C16H15N5OS3. The van der Waals surface area contributed by atoms with E-state index < -0.39 is 0 Å². The van der Waals surface area contributed by atoms with Crippen LogP contribution in [-0.4, -0.2) is 31.9 Å². The van der Waals surface area contributed by atoms with Crippen molar-refractivity contribution in [2.24, 2.45) is 0 Å². The normalized spacial score (nSPS) is 11.5. The number of fused-ring (bicyclic) bond motifs is 3. The Kier molecular flexibility index (Phi) is 4.22. The Hall–Kier alpha value is -1.97. The topological polar surface area (TPSA) is 72.7 Å². The molecule has 6 nitrogen and oxygen atoms in total. The SMILES string of the molecule is CCn1nc(C(=O)Nc2nc3ccc4nc(SC)sc4c3s2)cc1C. The van der Waals surface area contributed by atoms with Gasteiger partial charge in [0.15, 0.2) is 15.2 Å². The lowest BCUT2D eigenvalue weighted by atomic mass is 10.3. The van der Waals surface area contributed by atoms with E-state index in [1.54, 1.807) is 33.8 Å². The van der Waals surface area contributed by atoms with Crippen LogP contribution in [0.1, 0.15) is 23.1 Å². The van der Waals surface area contributed by atoms with E-state index in [4.69, 9.17) is 0 Å². The standard InChI is InChI=1S/C16H15N5OS3/c1-4-21-8(2)7-11(20-21)14(22)19-15-17-9-5-6-10-13(12(9)24-15)25-16(18-10)23-3/h5-7H,4H2,1-3H3,(H,17,19,22). The number of nitrogens with one attached hydrogen (secondary N) is 1. The number of hydrogen-bond acceptors (Lipinski definition) is 7. The van der Waals surface area contributed by atoms with Gasteiger partial charge in [0, 0.05) is 12.2 Å². The summed E-state index contributed by atoms with van der Waals surface area (Å²) in [6, 6.07) is 5.72. The molecule has 0 aliphatic rings. The summed E-state index contributed by atoms with van der Waals surface area (Å²) >= 11 is 4.77.